The van der Waals surface area contributed by atoms with Gasteiger partial charge in [-0.15, -0.1) is 0 Å². The first-order chi connectivity index (χ1) is 19.3. The first kappa shape index (κ1) is 24.8. The SMILES string of the molecule is CC1=C2C=CC(=N2)C=C2NC(=C(O)C23CCCCC3)C=C2C=CC(=N2)C(c2c(C)cc(C)cc2C)=C2C=CC1=N2. The number of nitrogens with one attached hydrogen (secondary N) is 1. The summed E-state index contributed by atoms with van der Waals surface area (Å²) in [5, 5.41) is 15.2. The van der Waals surface area contributed by atoms with E-state index in [4.69, 9.17) is 15.0 Å². The van der Waals surface area contributed by atoms with E-state index < -0.39 is 0 Å². The average molecular weight is 527 g/mol. The van der Waals surface area contributed by atoms with Gasteiger partial charge >= 0.3 is 0 Å². The van der Waals surface area contributed by atoms with Gasteiger partial charge in [0.2, 0.25) is 0 Å². The number of aliphatic hydroxyl groups excluding tert-OH is 1. The smallest absolute Gasteiger partial charge is 0.128 e. The molecule has 0 atom stereocenters. The van der Waals surface area contributed by atoms with Crippen LogP contribution >= 0.6 is 0 Å². The molecule has 5 heterocycles. The van der Waals surface area contributed by atoms with Gasteiger partial charge in [-0.2, -0.15) is 0 Å². The number of rotatable bonds is 1. The lowest BCUT2D eigenvalue weighted by Crippen LogP contribution is -2.28. The molecule has 1 aromatic carbocycles. The van der Waals surface area contributed by atoms with Crippen molar-refractivity contribution in [3.05, 3.63) is 123 Å². The first-order valence-corrected chi connectivity index (χ1v) is 14.3. The number of aliphatic imine (C=N–C) groups is 3. The third-order valence-corrected chi connectivity index (χ3v) is 8.96. The van der Waals surface area contributed by atoms with Crippen molar-refractivity contribution in [3.8, 4) is 0 Å². The molecule has 0 saturated heterocycles. The van der Waals surface area contributed by atoms with Crippen LogP contribution in [0, 0.1) is 26.2 Å². The molecule has 0 amide bonds. The molecular weight excluding hydrogens is 492 g/mol. The highest BCUT2D eigenvalue weighted by atomic mass is 16.3. The van der Waals surface area contributed by atoms with Gasteiger partial charge in [0.1, 0.15) is 5.76 Å². The largest absolute Gasteiger partial charge is 0.509 e. The summed E-state index contributed by atoms with van der Waals surface area (Å²) >= 11 is 0. The van der Waals surface area contributed by atoms with Crippen molar-refractivity contribution in [1.82, 2.24) is 5.32 Å². The van der Waals surface area contributed by atoms with Crippen LogP contribution in [0.2, 0.25) is 0 Å². The lowest BCUT2D eigenvalue weighted by atomic mass is 9.71. The molecule has 1 saturated carbocycles. The zero-order chi connectivity index (χ0) is 27.6. The molecule has 5 heteroatoms. The maximum Gasteiger partial charge on any atom is 0.128 e. The van der Waals surface area contributed by atoms with E-state index in [1.54, 1.807) is 0 Å². The first-order valence-electron chi connectivity index (χ1n) is 14.3. The monoisotopic (exact) mass is 526 g/mol. The zero-order valence-electron chi connectivity index (χ0n) is 23.6. The normalized spacial score (nSPS) is 22.6. The molecule has 1 fully saturated rings. The molecular formula is C35H34N4O. The van der Waals surface area contributed by atoms with Gasteiger partial charge in [-0.25, -0.2) is 15.0 Å². The Bertz CT molecular complexity index is 1700. The Morgan fingerprint density at radius 3 is 2.25 bits per heavy atom. The van der Waals surface area contributed by atoms with Crippen LogP contribution in [-0.4, -0.2) is 22.2 Å². The molecule has 6 aliphatic rings. The Kier molecular flexibility index (Phi) is 5.67. The molecule has 5 nitrogen and oxygen atoms in total. The van der Waals surface area contributed by atoms with E-state index in [1.807, 2.05) is 12.2 Å². The van der Waals surface area contributed by atoms with Gasteiger partial charge in [-0.1, -0.05) is 37.0 Å². The molecule has 40 heavy (non-hydrogen) atoms. The van der Waals surface area contributed by atoms with E-state index in [9.17, 15) is 5.11 Å². The number of nitrogens with zero attached hydrogens (tertiary/aromatic N) is 3. The Labute approximate surface area is 235 Å². The van der Waals surface area contributed by atoms with Crippen LogP contribution < -0.4 is 5.32 Å². The van der Waals surface area contributed by atoms with E-state index in [1.165, 1.54) is 28.7 Å². The maximum atomic E-state index is 11.7. The fourth-order valence-electron chi connectivity index (χ4n) is 7.01. The van der Waals surface area contributed by atoms with Crippen molar-refractivity contribution in [2.75, 3.05) is 0 Å². The average Bonchev–Trinajstić information content (AvgIpc) is 3.73. The van der Waals surface area contributed by atoms with Crippen LogP contribution in [0.3, 0.4) is 0 Å². The molecule has 0 aromatic heterocycles. The number of benzene rings is 1. The summed E-state index contributed by atoms with van der Waals surface area (Å²) in [6.07, 6.45) is 21.8. The maximum absolute atomic E-state index is 11.7. The molecule has 1 aliphatic carbocycles. The summed E-state index contributed by atoms with van der Waals surface area (Å²) in [6.45, 7) is 8.55. The topological polar surface area (TPSA) is 69.3 Å². The molecule has 7 rings (SSSR count). The van der Waals surface area contributed by atoms with Gasteiger partial charge in [-0.05, 0) is 106 Å². The van der Waals surface area contributed by atoms with E-state index in [0.29, 0.717) is 5.76 Å². The highest BCUT2D eigenvalue weighted by Crippen LogP contribution is 2.51. The third kappa shape index (κ3) is 3.87. The quantitative estimate of drug-likeness (QED) is 0.393. The lowest BCUT2D eigenvalue weighted by molar-refractivity contribution is 0.201. The molecule has 1 spiro atoms. The van der Waals surface area contributed by atoms with E-state index >= 15 is 0 Å². The van der Waals surface area contributed by atoms with Gasteiger partial charge in [0.25, 0.3) is 0 Å². The predicted octanol–water partition coefficient (Wildman–Crippen LogP) is 7.73. The molecule has 0 unspecified atom stereocenters. The summed E-state index contributed by atoms with van der Waals surface area (Å²) in [7, 11) is 0. The van der Waals surface area contributed by atoms with Crippen molar-refractivity contribution in [2.45, 2.75) is 59.8 Å². The van der Waals surface area contributed by atoms with Crippen LogP contribution in [0.4, 0.5) is 0 Å². The predicted molar refractivity (Wildman–Crippen MR) is 164 cm³/mol. The van der Waals surface area contributed by atoms with Crippen LogP contribution in [0.25, 0.3) is 5.57 Å². The summed E-state index contributed by atoms with van der Waals surface area (Å²) < 4.78 is 0. The van der Waals surface area contributed by atoms with E-state index in [-0.39, 0.29) is 5.41 Å². The molecule has 1 aromatic rings. The van der Waals surface area contributed by atoms with Gasteiger partial charge in [0.05, 0.1) is 45.3 Å². The highest BCUT2D eigenvalue weighted by Gasteiger charge is 2.46. The number of aliphatic hydroxyl groups is 1. The molecule has 2 N–H and O–H groups in total. The van der Waals surface area contributed by atoms with Crippen molar-refractivity contribution in [3.63, 3.8) is 0 Å². The van der Waals surface area contributed by atoms with Gasteiger partial charge in [-0.3, -0.25) is 0 Å². The minimum absolute atomic E-state index is 0.388. The number of aryl methyl sites for hydroxylation is 3. The second-order valence-electron chi connectivity index (χ2n) is 11.7. The van der Waals surface area contributed by atoms with Crippen molar-refractivity contribution >= 4 is 22.7 Å². The summed E-state index contributed by atoms with van der Waals surface area (Å²) in [6, 6.07) is 4.45. The summed E-state index contributed by atoms with van der Waals surface area (Å²) in [5.74, 6) is 0.429. The minimum atomic E-state index is -0.388. The van der Waals surface area contributed by atoms with Crippen LogP contribution in [0.1, 0.15) is 61.3 Å². The fraction of sp³-hybridized carbons (Fsp3) is 0.286. The minimum Gasteiger partial charge on any atom is -0.509 e. The van der Waals surface area contributed by atoms with Crippen LogP contribution in [-0.2, 0) is 0 Å². The molecule has 0 radical (unpaired) electrons. The van der Waals surface area contributed by atoms with E-state index in [2.05, 4.69) is 81.6 Å². The number of hydrogen-bond acceptors (Lipinski definition) is 5. The van der Waals surface area contributed by atoms with Crippen molar-refractivity contribution in [1.29, 1.82) is 0 Å². The summed E-state index contributed by atoms with van der Waals surface area (Å²) in [4.78, 5) is 15.2. The Hall–Kier alpha value is -4.25. The molecule has 8 bridgehead atoms. The number of fused-ring (bicyclic) bond motifs is 6. The van der Waals surface area contributed by atoms with Gasteiger partial charge < -0.3 is 10.4 Å². The third-order valence-electron chi connectivity index (χ3n) is 8.96. The van der Waals surface area contributed by atoms with Crippen molar-refractivity contribution in [2.24, 2.45) is 20.4 Å². The second-order valence-corrected chi connectivity index (χ2v) is 11.7. The Morgan fingerprint density at radius 1 is 0.750 bits per heavy atom. The standard InChI is InChI=1S/C35H34N4O/c1-20-16-21(2)32(22(3)17-20)33-28-11-9-24(37-28)18-30-34(40)35(14-6-5-7-15-35)31(39-30)19-25-8-10-26(36-25)23(4)27-12-13-29(33)38-27/h8-13,16-19,39-40H,5-7,14-15H2,1-4H3. The van der Waals surface area contributed by atoms with Crippen LogP contribution in [0.15, 0.2) is 116 Å². The summed E-state index contributed by atoms with van der Waals surface area (Å²) in [5.41, 5.74) is 13.6. The number of allylic oxidation sites excluding steroid dienone is 10. The van der Waals surface area contributed by atoms with Crippen LogP contribution in [0.5, 0.6) is 0 Å². The Balaban J connectivity index is 1.48. The lowest BCUT2D eigenvalue weighted by Gasteiger charge is -2.34. The van der Waals surface area contributed by atoms with Crippen molar-refractivity contribution < 1.29 is 5.11 Å². The number of hydrogen-bond donors (Lipinski definition) is 2. The highest BCUT2D eigenvalue weighted by molar-refractivity contribution is 6.33. The second kappa shape index (κ2) is 9.16. The fourth-order valence-corrected chi connectivity index (χ4v) is 7.01. The molecule has 200 valence electrons. The molecule has 5 aliphatic heterocycles. The van der Waals surface area contributed by atoms with Gasteiger partial charge in [0.15, 0.2) is 0 Å². The van der Waals surface area contributed by atoms with Gasteiger partial charge in [0, 0.05) is 16.8 Å². The zero-order valence-corrected chi connectivity index (χ0v) is 23.6. The Morgan fingerprint density at radius 2 is 1.48 bits per heavy atom. The van der Waals surface area contributed by atoms with E-state index in [0.717, 1.165) is 82.4 Å².